The van der Waals surface area contributed by atoms with Crippen LogP contribution in [0.1, 0.15) is 95.5 Å². The summed E-state index contributed by atoms with van der Waals surface area (Å²) in [6.45, 7) is 3.63. The van der Waals surface area contributed by atoms with E-state index in [9.17, 15) is 0 Å². The van der Waals surface area contributed by atoms with E-state index in [-0.39, 0.29) is 0 Å². The largest absolute Gasteiger partial charge is 0.311 e. The first-order valence-electron chi connectivity index (χ1n) is 10.7. The van der Waals surface area contributed by atoms with Crippen molar-refractivity contribution in [3.8, 4) is 0 Å². The predicted octanol–water partition coefficient (Wildman–Crippen LogP) is 7.21. The van der Waals surface area contributed by atoms with Crippen LogP contribution in [0.4, 0.5) is 0 Å². The maximum absolute atomic E-state index is 3.97. The van der Waals surface area contributed by atoms with Gasteiger partial charge in [-0.25, -0.2) is 0 Å². The lowest BCUT2D eigenvalue weighted by molar-refractivity contribution is 0.196. The molecule has 140 valence electrons. The zero-order valence-electron chi connectivity index (χ0n) is 16.0. The van der Waals surface area contributed by atoms with Crippen molar-refractivity contribution in [1.29, 1.82) is 0 Å². The van der Waals surface area contributed by atoms with Crippen LogP contribution in [0.25, 0.3) is 0 Å². The topological polar surface area (TPSA) is 12.0 Å². The number of rotatable bonds is 7. The summed E-state index contributed by atoms with van der Waals surface area (Å²) < 4.78 is 1.21. The van der Waals surface area contributed by atoms with Gasteiger partial charge in [0.1, 0.15) is 0 Å². The predicted molar refractivity (Wildman–Crippen MR) is 112 cm³/mol. The standard InChI is InChI=1S/C23H36BrN/c1-19(21-12-7-13-22(24)17-21)18-23(14-5-6-16-25-23)15-8-11-20-9-3-2-4-10-20/h7,12-13,17,19-20,25H,2-6,8-11,14-16,18H2,1H3. The van der Waals surface area contributed by atoms with Gasteiger partial charge >= 0.3 is 0 Å². The minimum absolute atomic E-state index is 0.384. The normalized spacial score (nSPS) is 26.5. The summed E-state index contributed by atoms with van der Waals surface area (Å²) in [5.41, 5.74) is 1.86. The fourth-order valence-corrected chi connectivity index (χ4v) is 5.66. The van der Waals surface area contributed by atoms with Gasteiger partial charge in [0.2, 0.25) is 0 Å². The van der Waals surface area contributed by atoms with Crippen molar-refractivity contribution in [1.82, 2.24) is 5.32 Å². The minimum atomic E-state index is 0.384. The fourth-order valence-electron chi connectivity index (χ4n) is 5.24. The third-order valence-electron chi connectivity index (χ3n) is 6.69. The second kappa shape index (κ2) is 9.55. The Morgan fingerprint density at radius 3 is 2.72 bits per heavy atom. The summed E-state index contributed by atoms with van der Waals surface area (Å²) in [4.78, 5) is 0. The first-order chi connectivity index (χ1) is 12.2. The Labute approximate surface area is 163 Å². The molecule has 3 rings (SSSR count). The van der Waals surface area contributed by atoms with E-state index in [1.807, 2.05) is 0 Å². The van der Waals surface area contributed by atoms with Crippen LogP contribution in [0.3, 0.4) is 0 Å². The van der Waals surface area contributed by atoms with Crippen molar-refractivity contribution in [3.63, 3.8) is 0 Å². The second-order valence-electron chi connectivity index (χ2n) is 8.72. The monoisotopic (exact) mass is 405 g/mol. The molecule has 1 aromatic carbocycles. The highest BCUT2D eigenvalue weighted by Gasteiger charge is 2.33. The summed E-state index contributed by atoms with van der Waals surface area (Å²) in [6.07, 6.45) is 17.1. The maximum atomic E-state index is 3.97. The molecular formula is C23H36BrN. The van der Waals surface area contributed by atoms with Crippen LogP contribution in [-0.4, -0.2) is 12.1 Å². The quantitative estimate of drug-likeness (QED) is 0.505. The van der Waals surface area contributed by atoms with Gasteiger partial charge < -0.3 is 5.32 Å². The Bertz CT molecular complexity index is 515. The van der Waals surface area contributed by atoms with E-state index in [2.05, 4.69) is 52.4 Å². The molecule has 2 fully saturated rings. The number of halogens is 1. The van der Waals surface area contributed by atoms with E-state index in [0.29, 0.717) is 11.5 Å². The van der Waals surface area contributed by atoms with Crippen LogP contribution < -0.4 is 5.32 Å². The summed E-state index contributed by atoms with van der Waals surface area (Å²) in [5.74, 6) is 1.65. The van der Waals surface area contributed by atoms with E-state index in [0.717, 1.165) is 5.92 Å². The van der Waals surface area contributed by atoms with Crippen LogP contribution in [0.5, 0.6) is 0 Å². The van der Waals surface area contributed by atoms with E-state index >= 15 is 0 Å². The van der Waals surface area contributed by atoms with Crippen molar-refractivity contribution in [2.24, 2.45) is 5.92 Å². The Kier molecular flexibility index (Phi) is 7.42. The molecule has 1 aliphatic carbocycles. The average molecular weight is 406 g/mol. The highest BCUT2D eigenvalue weighted by molar-refractivity contribution is 9.10. The second-order valence-corrected chi connectivity index (χ2v) is 9.64. The Hall–Kier alpha value is -0.340. The average Bonchev–Trinajstić information content (AvgIpc) is 2.63. The van der Waals surface area contributed by atoms with E-state index in [4.69, 9.17) is 0 Å². The van der Waals surface area contributed by atoms with Gasteiger partial charge in [-0.05, 0) is 61.8 Å². The summed E-state index contributed by atoms with van der Waals surface area (Å²) in [6, 6.07) is 8.92. The number of hydrogen-bond donors (Lipinski definition) is 1. The molecule has 1 aromatic rings. The third kappa shape index (κ3) is 5.82. The van der Waals surface area contributed by atoms with Gasteiger partial charge in [-0.3, -0.25) is 0 Å². The van der Waals surface area contributed by atoms with Gasteiger partial charge in [-0.1, -0.05) is 86.4 Å². The molecule has 1 saturated carbocycles. The Balaban J connectivity index is 1.57. The van der Waals surface area contributed by atoms with Gasteiger partial charge in [0.05, 0.1) is 0 Å². The molecule has 1 N–H and O–H groups in total. The summed E-state index contributed by atoms with van der Waals surface area (Å²) in [5, 5.41) is 3.97. The van der Waals surface area contributed by atoms with Gasteiger partial charge in [0, 0.05) is 10.0 Å². The third-order valence-corrected chi connectivity index (χ3v) is 7.18. The van der Waals surface area contributed by atoms with Crippen molar-refractivity contribution in [2.45, 2.75) is 95.4 Å². The lowest BCUT2D eigenvalue weighted by Gasteiger charge is -2.41. The lowest BCUT2D eigenvalue weighted by atomic mass is 9.75. The molecule has 2 atom stereocenters. The van der Waals surface area contributed by atoms with Crippen molar-refractivity contribution in [3.05, 3.63) is 34.3 Å². The number of hydrogen-bond acceptors (Lipinski definition) is 1. The van der Waals surface area contributed by atoms with E-state index in [1.54, 1.807) is 0 Å². The Morgan fingerprint density at radius 1 is 1.16 bits per heavy atom. The molecule has 1 nitrogen and oxygen atoms in total. The lowest BCUT2D eigenvalue weighted by Crippen LogP contribution is -2.49. The zero-order valence-corrected chi connectivity index (χ0v) is 17.6. The molecule has 1 heterocycles. The minimum Gasteiger partial charge on any atom is -0.311 e. The SMILES string of the molecule is CC(CC1(CCCC2CCCCC2)CCCCN1)c1cccc(Br)c1. The molecule has 2 aliphatic rings. The molecule has 25 heavy (non-hydrogen) atoms. The van der Waals surface area contributed by atoms with Crippen LogP contribution in [-0.2, 0) is 0 Å². The molecule has 0 spiro atoms. The Morgan fingerprint density at radius 2 is 2.00 bits per heavy atom. The van der Waals surface area contributed by atoms with Crippen LogP contribution in [0.2, 0.25) is 0 Å². The molecule has 2 unspecified atom stereocenters. The first kappa shape index (κ1) is 19.4. The number of nitrogens with one attached hydrogen (secondary N) is 1. The van der Waals surface area contributed by atoms with E-state index in [1.165, 1.54) is 93.6 Å². The van der Waals surface area contributed by atoms with Crippen LogP contribution >= 0.6 is 15.9 Å². The van der Waals surface area contributed by atoms with Crippen LogP contribution in [0.15, 0.2) is 28.7 Å². The van der Waals surface area contributed by atoms with Gasteiger partial charge in [0.25, 0.3) is 0 Å². The highest BCUT2D eigenvalue weighted by Crippen LogP contribution is 2.37. The van der Waals surface area contributed by atoms with Gasteiger partial charge in [-0.15, -0.1) is 0 Å². The summed E-state index contributed by atoms with van der Waals surface area (Å²) in [7, 11) is 0. The van der Waals surface area contributed by atoms with Gasteiger partial charge in [-0.2, -0.15) is 0 Å². The zero-order chi connectivity index (χ0) is 17.5. The summed E-state index contributed by atoms with van der Waals surface area (Å²) >= 11 is 3.64. The van der Waals surface area contributed by atoms with E-state index < -0.39 is 0 Å². The van der Waals surface area contributed by atoms with Gasteiger partial charge in [0.15, 0.2) is 0 Å². The molecule has 0 aromatic heterocycles. The highest BCUT2D eigenvalue weighted by atomic mass is 79.9. The molecule has 1 saturated heterocycles. The van der Waals surface area contributed by atoms with Crippen molar-refractivity contribution in [2.75, 3.05) is 6.54 Å². The smallest absolute Gasteiger partial charge is 0.0187 e. The molecule has 0 bridgehead atoms. The molecule has 0 amide bonds. The molecular weight excluding hydrogens is 370 g/mol. The molecule has 1 aliphatic heterocycles. The first-order valence-corrected chi connectivity index (χ1v) is 11.5. The maximum Gasteiger partial charge on any atom is 0.0187 e. The van der Waals surface area contributed by atoms with Crippen LogP contribution in [0, 0.1) is 5.92 Å². The molecule has 0 radical (unpaired) electrons. The number of piperidine rings is 1. The van der Waals surface area contributed by atoms with Crippen molar-refractivity contribution < 1.29 is 0 Å². The molecule has 2 heteroatoms. The number of benzene rings is 1. The fraction of sp³-hybridized carbons (Fsp3) is 0.739. The van der Waals surface area contributed by atoms with Crippen molar-refractivity contribution >= 4 is 15.9 Å².